The Kier molecular flexibility index (Phi) is 4.07. The van der Waals surface area contributed by atoms with E-state index in [2.05, 4.69) is 5.32 Å². The quantitative estimate of drug-likeness (QED) is 0.899. The molecule has 3 N–H and O–H groups in total. The molecular weight excluding hydrogens is 260 g/mol. The number of nitrogens with two attached hydrogens (primary N) is 1. The molecule has 0 aliphatic rings. The second-order valence-corrected chi connectivity index (χ2v) is 4.83. The Morgan fingerprint density at radius 3 is 2.21 bits per heavy atom. The number of aryl methyl sites for hydroxylation is 1. The zero-order valence-electron chi connectivity index (χ0n) is 10.6. The maximum Gasteiger partial charge on any atom is 0.244 e. The molecule has 0 aliphatic heterocycles. The molecule has 1 amide bonds. The molecule has 4 heteroatoms. The van der Waals surface area contributed by atoms with E-state index in [0.29, 0.717) is 5.02 Å². The SMILES string of the molecule is Cc1ccc(C(Nc2ccc(Cl)cc2)C(N)=O)cc1. The Labute approximate surface area is 117 Å². The molecule has 0 spiro atoms. The summed E-state index contributed by atoms with van der Waals surface area (Å²) in [5, 5.41) is 3.76. The molecule has 0 saturated heterocycles. The highest BCUT2D eigenvalue weighted by Crippen LogP contribution is 2.21. The summed E-state index contributed by atoms with van der Waals surface area (Å²) in [4.78, 5) is 11.6. The van der Waals surface area contributed by atoms with Gasteiger partial charge in [0, 0.05) is 10.7 Å². The van der Waals surface area contributed by atoms with Crippen LogP contribution in [0.1, 0.15) is 17.2 Å². The number of carbonyl (C=O) groups is 1. The first-order valence-electron chi connectivity index (χ1n) is 5.94. The summed E-state index contributed by atoms with van der Waals surface area (Å²) in [7, 11) is 0. The van der Waals surface area contributed by atoms with Crippen molar-refractivity contribution in [3.05, 3.63) is 64.7 Å². The molecule has 0 saturated carbocycles. The monoisotopic (exact) mass is 274 g/mol. The fourth-order valence-corrected chi connectivity index (χ4v) is 1.92. The molecule has 2 aromatic carbocycles. The molecule has 1 atom stereocenters. The van der Waals surface area contributed by atoms with E-state index in [0.717, 1.165) is 16.8 Å². The summed E-state index contributed by atoms with van der Waals surface area (Å²) in [6.45, 7) is 2.00. The molecule has 19 heavy (non-hydrogen) atoms. The maximum absolute atomic E-state index is 11.6. The van der Waals surface area contributed by atoms with Crippen LogP contribution in [0.25, 0.3) is 0 Å². The second-order valence-electron chi connectivity index (χ2n) is 4.40. The first-order chi connectivity index (χ1) is 9.06. The Bertz CT molecular complexity index is 564. The average molecular weight is 275 g/mol. The van der Waals surface area contributed by atoms with E-state index in [4.69, 9.17) is 17.3 Å². The fourth-order valence-electron chi connectivity index (χ4n) is 1.79. The normalized spacial score (nSPS) is 11.9. The number of nitrogens with one attached hydrogen (secondary N) is 1. The largest absolute Gasteiger partial charge is 0.370 e. The highest BCUT2D eigenvalue weighted by Gasteiger charge is 2.17. The number of anilines is 1. The lowest BCUT2D eigenvalue weighted by Gasteiger charge is -2.17. The van der Waals surface area contributed by atoms with Crippen LogP contribution in [0.15, 0.2) is 48.5 Å². The molecule has 98 valence electrons. The summed E-state index contributed by atoms with van der Waals surface area (Å²) in [6, 6.07) is 14.3. The van der Waals surface area contributed by atoms with Crippen LogP contribution >= 0.6 is 11.6 Å². The van der Waals surface area contributed by atoms with Crippen molar-refractivity contribution in [3.63, 3.8) is 0 Å². The molecule has 3 nitrogen and oxygen atoms in total. The van der Waals surface area contributed by atoms with Crippen molar-refractivity contribution in [1.82, 2.24) is 0 Å². The molecule has 2 aromatic rings. The maximum atomic E-state index is 11.6. The van der Waals surface area contributed by atoms with Crippen LogP contribution in [0, 0.1) is 6.92 Å². The van der Waals surface area contributed by atoms with Gasteiger partial charge in [0.15, 0.2) is 0 Å². The molecule has 0 fully saturated rings. The van der Waals surface area contributed by atoms with Crippen molar-refractivity contribution in [2.24, 2.45) is 5.73 Å². The van der Waals surface area contributed by atoms with Gasteiger partial charge in [-0.25, -0.2) is 0 Å². The topological polar surface area (TPSA) is 55.1 Å². The number of halogens is 1. The van der Waals surface area contributed by atoms with Gasteiger partial charge in [-0.3, -0.25) is 4.79 Å². The predicted molar refractivity (Wildman–Crippen MR) is 78.2 cm³/mol. The molecule has 0 bridgehead atoms. The van der Waals surface area contributed by atoms with Crippen molar-refractivity contribution in [2.75, 3.05) is 5.32 Å². The zero-order chi connectivity index (χ0) is 13.8. The predicted octanol–water partition coefficient (Wildman–Crippen LogP) is 3.29. The number of amides is 1. The van der Waals surface area contributed by atoms with E-state index >= 15 is 0 Å². The average Bonchev–Trinajstić information content (AvgIpc) is 2.39. The van der Waals surface area contributed by atoms with Crippen LogP contribution in [0.5, 0.6) is 0 Å². The van der Waals surface area contributed by atoms with E-state index in [1.807, 2.05) is 43.3 Å². The number of carbonyl (C=O) groups excluding carboxylic acids is 1. The van der Waals surface area contributed by atoms with Gasteiger partial charge in [-0.1, -0.05) is 41.4 Å². The van der Waals surface area contributed by atoms with E-state index in [1.54, 1.807) is 12.1 Å². The molecule has 0 radical (unpaired) electrons. The minimum absolute atomic E-state index is 0.418. The van der Waals surface area contributed by atoms with Gasteiger partial charge in [0.2, 0.25) is 5.91 Å². The van der Waals surface area contributed by atoms with Crippen molar-refractivity contribution in [1.29, 1.82) is 0 Å². The van der Waals surface area contributed by atoms with Gasteiger partial charge >= 0.3 is 0 Å². The van der Waals surface area contributed by atoms with Crippen LogP contribution in [-0.2, 0) is 4.79 Å². The summed E-state index contributed by atoms with van der Waals surface area (Å²) in [5.41, 5.74) is 8.24. The Morgan fingerprint density at radius 2 is 1.68 bits per heavy atom. The smallest absolute Gasteiger partial charge is 0.244 e. The highest BCUT2D eigenvalue weighted by molar-refractivity contribution is 6.30. The van der Waals surface area contributed by atoms with Gasteiger partial charge in [-0.15, -0.1) is 0 Å². The summed E-state index contributed by atoms with van der Waals surface area (Å²) < 4.78 is 0. The van der Waals surface area contributed by atoms with Crippen LogP contribution < -0.4 is 11.1 Å². The summed E-state index contributed by atoms with van der Waals surface area (Å²) >= 11 is 5.83. The first-order valence-corrected chi connectivity index (χ1v) is 6.32. The van der Waals surface area contributed by atoms with Crippen molar-refractivity contribution in [2.45, 2.75) is 13.0 Å². The van der Waals surface area contributed by atoms with Crippen molar-refractivity contribution >= 4 is 23.2 Å². The fraction of sp³-hybridized carbons (Fsp3) is 0.133. The van der Waals surface area contributed by atoms with E-state index < -0.39 is 11.9 Å². The van der Waals surface area contributed by atoms with E-state index in [1.165, 1.54) is 0 Å². The third-order valence-corrected chi connectivity index (χ3v) is 3.10. The first kappa shape index (κ1) is 13.4. The number of hydrogen-bond acceptors (Lipinski definition) is 2. The lowest BCUT2D eigenvalue weighted by molar-refractivity contribution is -0.118. The second kappa shape index (κ2) is 5.76. The summed E-state index contributed by atoms with van der Waals surface area (Å²) in [5.74, 6) is -0.418. The van der Waals surface area contributed by atoms with Crippen molar-refractivity contribution in [3.8, 4) is 0 Å². The Morgan fingerprint density at radius 1 is 1.11 bits per heavy atom. The minimum Gasteiger partial charge on any atom is -0.370 e. The lowest BCUT2D eigenvalue weighted by atomic mass is 10.0. The van der Waals surface area contributed by atoms with Crippen LogP contribution in [0.3, 0.4) is 0 Å². The molecule has 0 aliphatic carbocycles. The molecule has 0 heterocycles. The Hall–Kier alpha value is -2.00. The van der Waals surface area contributed by atoms with Crippen molar-refractivity contribution < 1.29 is 4.79 Å². The van der Waals surface area contributed by atoms with Crippen LogP contribution in [-0.4, -0.2) is 5.91 Å². The molecule has 2 rings (SSSR count). The van der Waals surface area contributed by atoms with Crippen LogP contribution in [0.4, 0.5) is 5.69 Å². The third kappa shape index (κ3) is 3.48. The number of hydrogen-bond donors (Lipinski definition) is 2. The Balaban J connectivity index is 2.23. The third-order valence-electron chi connectivity index (χ3n) is 2.85. The standard InChI is InChI=1S/C15H15ClN2O/c1-10-2-4-11(5-3-10)14(15(17)19)18-13-8-6-12(16)7-9-13/h2-9,14,18H,1H3,(H2,17,19). The summed E-state index contributed by atoms with van der Waals surface area (Å²) in [6.07, 6.45) is 0. The number of benzene rings is 2. The van der Waals surface area contributed by atoms with E-state index in [-0.39, 0.29) is 0 Å². The lowest BCUT2D eigenvalue weighted by Crippen LogP contribution is -2.27. The van der Waals surface area contributed by atoms with Crippen LogP contribution in [0.2, 0.25) is 5.02 Å². The van der Waals surface area contributed by atoms with E-state index in [9.17, 15) is 4.79 Å². The number of rotatable bonds is 4. The highest BCUT2D eigenvalue weighted by atomic mass is 35.5. The van der Waals surface area contributed by atoms with Gasteiger partial charge in [-0.05, 0) is 36.8 Å². The molecule has 0 aromatic heterocycles. The van der Waals surface area contributed by atoms with Gasteiger partial charge in [0.05, 0.1) is 0 Å². The zero-order valence-corrected chi connectivity index (χ0v) is 11.3. The van der Waals surface area contributed by atoms with Gasteiger partial charge in [0.25, 0.3) is 0 Å². The molecular formula is C15H15ClN2O. The van der Waals surface area contributed by atoms with Gasteiger partial charge < -0.3 is 11.1 Å². The number of primary amides is 1. The molecule has 1 unspecified atom stereocenters. The van der Waals surface area contributed by atoms with Gasteiger partial charge in [0.1, 0.15) is 6.04 Å². The minimum atomic E-state index is -0.554. The van der Waals surface area contributed by atoms with Gasteiger partial charge in [-0.2, -0.15) is 0 Å².